The number of aliphatic hydroxyl groups excluding tert-OH is 2. The van der Waals surface area contributed by atoms with Crippen molar-refractivity contribution in [2.45, 2.75) is 25.4 Å². The number of unbranched alkanes of at least 4 members (excludes halogenated alkanes) is 1. The summed E-state index contributed by atoms with van der Waals surface area (Å²) < 4.78 is 0. The Morgan fingerprint density at radius 2 is 2.08 bits per heavy atom. The third-order valence-corrected chi connectivity index (χ3v) is 2.65. The molecule has 3 N–H and O–H groups in total. The third-order valence-electron chi connectivity index (χ3n) is 1.45. The molecule has 5 heteroatoms. The first-order valence-electron chi connectivity index (χ1n) is 4.25. The Labute approximate surface area is 82.0 Å². The van der Waals surface area contributed by atoms with Gasteiger partial charge < -0.3 is 15.3 Å². The van der Waals surface area contributed by atoms with Crippen LogP contribution < -0.4 is 0 Å². The van der Waals surface area contributed by atoms with Crippen LogP contribution in [0.4, 0.5) is 0 Å². The lowest BCUT2D eigenvalue weighted by Crippen LogP contribution is -2.14. The second-order valence-electron chi connectivity index (χ2n) is 2.76. The maximum absolute atomic E-state index is 10.1. The molecule has 1 unspecified atom stereocenters. The fourth-order valence-corrected chi connectivity index (χ4v) is 1.70. The summed E-state index contributed by atoms with van der Waals surface area (Å²) in [6.45, 7) is -0.206. The Hall–Kier alpha value is -0.260. The fraction of sp³-hybridized carbons (Fsp3) is 0.875. The molecule has 0 rings (SSSR count). The van der Waals surface area contributed by atoms with Crippen LogP contribution in [0.15, 0.2) is 0 Å². The number of hydrogen-bond donors (Lipinski definition) is 3. The van der Waals surface area contributed by atoms with Gasteiger partial charge in [-0.3, -0.25) is 4.79 Å². The van der Waals surface area contributed by atoms with Gasteiger partial charge in [-0.05, 0) is 18.6 Å². The van der Waals surface area contributed by atoms with Crippen LogP contribution in [0.2, 0.25) is 0 Å². The maximum Gasteiger partial charge on any atom is 0.303 e. The summed E-state index contributed by atoms with van der Waals surface area (Å²) in [4.78, 5) is 10.1. The van der Waals surface area contributed by atoms with Gasteiger partial charge in [-0.1, -0.05) is 0 Å². The van der Waals surface area contributed by atoms with Crippen LogP contribution >= 0.6 is 11.8 Å². The molecule has 0 aromatic carbocycles. The number of carbonyl (C=O) groups is 1. The molecule has 0 fully saturated rings. The maximum atomic E-state index is 10.1. The summed E-state index contributed by atoms with van der Waals surface area (Å²) in [5.41, 5.74) is 0. The SMILES string of the molecule is O=C(O)CCCCSCC(O)CO. The van der Waals surface area contributed by atoms with Gasteiger partial charge in [0.15, 0.2) is 0 Å². The van der Waals surface area contributed by atoms with E-state index < -0.39 is 12.1 Å². The van der Waals surface area contributed by atoms with Crippen molar-refractivity contribution in [2.75, 3.05) is 18.1 Å². The van der Waals surface area contributed by atoms with Crippen LogP contribution in [0.5, 0.6) is 0 Å². The smallest absolute Gasteiger partial charge is 0.303 e. The highest BCUT2D eigenvalue weighted by molar-refractivity contribution is 7.99. The molecule has 0 bridgehead atoms. The summed E-state index contributed by atoms with van der Waals surface area (Å²) in [5.74, 6) is 0.592. The van der Waals surface area contributed by atoms with Gasteiger partial charge in [0.25, 0.3) is 0 Å². The van der Waals surface area contributed by atoms with Crippen LogP contribution in [-0.4, -0.2) is 45.5 Å². The monoisotopic (exact) mass is 208 g/mol. The van der Waals surface area contributed by atoms with Gasteiger partial charge in [0.2, 0.25) is 0 Å². The average Bonchev–Trinajstić information content (AvgIpc) is 2.10. The van der Waals surface area contributed by atoms with E-state index in [-0.39, 0.29) is 13.0 Å². The largest absolute Gasteiger partial charge is 0.481 e. The Kier molecular flexibility index (Phi) is 8.18. The number of aliphatic hydroxyl groups is 2. The van der Waals surface area contributed by atoms with Crippen LogP contribution in [0.25, 0.3) is 0 Å². The molecule has 0 aliphatic heterocycles. The highest BCUT2D eigenvalue weighted by atomic mass is 32.2. The first-order valence-corrected chi connectivity index (χ1v) is 5.40. The zero-order chi connectivity index (χ0) is 10.1. The minimum Gasteiger partial charge on any atom is -0.481 e. The highest BCUT2D eigenvalue weighted by Crippen LogP contribution is 2.07. The standard InChI is InChI=1S/C8H16O4S/c9-5-7(10)6-13-4-2-1-3-8(11)12/h7,9-10H,1-6H2,(H,11,12). The predicted octanol–water partition coefficient (Wildman–Crippen LogP) is 0.328. The van der Waals surface area contributed by atoms with Crippen LogP contribution in [-0.2, 0) is 4.79 Å². The summed E-state index contributed by atoms with van der Waals surface area (Å²) in [6, 6.07) is 0. The van der Waals surface area contributed by atoms with E-state index in [9.17, 15) is 4.79 Å². The number of thioether (sulfide) groups is 1. The molecule has 78 valence electrons. The molecule has 0 heterocycles. The van der Waals surface area contributed by atoms with E-state index in [0.717, 1.165) is 12.2 Å². The summed E-state index contributed by atoms with van der Waals surface area (Å²) in [7, 11) is 0. The van der Waals surface area contributed by atoms with Crippen molar-refractivity contribution in [3.63, 3.8) is 0 Å². The fourth-order valence-electron chi connectivity index (χ4n) is 0.752. The number of aliphatic carboxylic acids is 1. The molecule has 0 aromatic heterocycles. The second kappa shape index (κ2) is 8.34. The van der Waals surface area contributed by atoms with Crippen LogP contribution in [0.1, 0.15) is 19.3 Å². The molecular formula is C8H16O4S. The molecule has 4 nitrogen and oxygen atoms in total. The molecule has 0 aromatic rings. The molecule has 1 atom stereocenters. The third kappa shape index (κ3) is 9.66. The normalized spacial score (nSPS) is 12.8. The van der Waals surface area contributed by atoms with E-state index in [2.05, 4.69) is 0 Å². The molecule has 0 aliphatic carbocycles. The lowest BCUT2D eigenvalue weighted by molar-refractivity contribution is -0.137. The Bertz CT molecular complexity index is 140. The van der Waals surface area contributed by atoms with Gasteiger partial charge in [0.05, 0.1) is 12.7 Å². The first kappa shape index (κ1) is 12.7. The Balaban J connectivity index is 3.04. The van der Waals surface area contributed by atoms with E-state index in [1.165, 1.54) is 11.8 Å². The van der Waals surface area contributed by atoms with Crippen molar-refractivity contribution >= 4 is 17.7 Å². The molecular weight excluding hydrogens is 192 g/mol. The predicted molar refractivity (Wildman–Crippen MR) is 51.9 cm³/mol. The van der Waals surface area contributed by atoms with E-state index in [4.69, 9.17) is 15.3 Å². The van der Waals surface area contributed by atoms with Crippen LogP contribution in [0.3, 0.4) is 0 Å². The molecule has 13 heavy (non-hydrogen) atoms. The highest BCUT2D eigenvalue weighted by Gasteiger charge is 2.01. The van der Waals surface area contributed by atoms with E-state index >= 15 is 0 Å². The van der Waals surface area contributed by atoms with E-state index in [1.54, 1.807) is 0 Å². The Morgan fingerprint density at radius 1 is 1.38 bits per heavy atom. The summed E-state index contributed by atoms with van der Waals surface area (Å²) in [6.07, 6.45) is 1.08. The van der Waals surface area contributed by atoms with Crippen LogP contribution in [0, 0.1) is 0 Å². The molecule has 0 radical (unpaired) electrons. The number of hydrogen-bond acceptors (Lipinski definition) is 4. The number of carboxylic acid groups (broad SMARTS) is 1. The topological polar surface area (TPSA) is 77.8 Å². The summed E-state index contributed by atoms with van der Waals surface area (Å²) >= 11 is 1.53. The summed E-state index contributed by atoms with van der Waals surface area (Å²) in [5, 5.41) is 25.7. The Morgan fingerprint density at radius 3 is 2.62 bits per heavy atom. The van der Waals surface area contributed by atoms with Crippen molar-refractivity contribution in [3.8, 4) is 0 Å². The van der Waals surface area contributed by atoms with Crippen molar-refractivity contribution in [1.29, 1.82) is 0 Å². The molecule has 0 saturated heterocycles. The minimum absolute atomic E-state index is 0.206. The van der Waals surface area contributed by atoms with Gasteiger partial charge >= 0.3 is 5.97 Å². The van der Waals surface area contributed by atoms with Gasteiger partial charge in [0.1, 0.15) is 0 Å². The second-order valence-corrected chi connectivity index (χ2v) is 3.91. The lowest BCUT2D eigenvalue weighted by atomic mass is 10.3. The average molecular weight is 208 g/mol. The minimum atomic E-state index is -0.764. The van der Waals surface area contributed by atoms with Crippen molar-refractivity contribution < 1.29 is 20.1 Å². The van der Waals surface area contributed by atoms with Crippen molar-refractivity contribution in [2.24, 2.45) is 0 Å². The van der Waals surface area contributed by atoms with E-state index in [1.807, 2.05) is 0 Å². The van der Waals surface area contributed by atoms with Crippen molar-refractivity contribution in [1.82, 2.24) is 0 Å². The zero-order valence-corrected chi connectivity index (χ0v) is 8.29. The van der Waals surface area contributed by atoms with Crippen molar-refractivity contribution in [3.05, 3.63) is 0 Å². The molecule has 0 aliphatic rings. The van der Waals surface area contributed by atoms with Gasteiger partial charge in [-0.25, -0.2) is 0 Å². The zero-order valence-electron chi connectivity index (χ0n) is 7.48. The quantitative estimate of drug-likeness (QED) is 0.501. The molecule has 0 saturated carbocycles. The van der Waals surface area contributed by atoms with E-state index in [0.29, 0.717) is 12.2 Å². The van der Waals surface area contributed by atoms with Gasteiger partial charge in [0, 0.05) is 12.2 Å². The number of rotatable bonds is 8. The molecule has 0 amide bonds. The number of carboxylic acids is 1. The first-order chi connectivity index (χ1) is 6.16. The van der Waals surface area contributed by atoms with Gasteiger partial charge in [-0.15, -0.1) is 0 Å². The molecule has 0 spiro atoms. The lowest BCUT2D eigenvalue weighted by Gasteiger charge is -2.05. The van der Waals surface area contributed by atoms with Gasteiger partial charge in [-0.2, -0.15) is 11.8 Å².